The molecule has 0 aliphatic carbocycles. The van der Waals surface area contributed by atoms with Crippen LogP contribution in [0.15, 0.2) is 146 Å². The summed E-state index contributed by atoms with van der Waals surface area (Å²) in [5.41, 5.74) is 12.8. The summed E-state index contributed by atoms with van der Waals surface area (Å²) < 4.78 is 63.9. The average molecular weight is 1860 g/mol. The van der Waals surface area contributed by atoms with Gasteiger partial charge in [0.2, 0.25) is 29.5 Å². The molecule has 5 amide bonds. The molecule has 0 bridgehead atoms. The Morgan fingerprint density at radius 3 is 1.17 bits per heavy atom. The quantitative estimate of drug-likeness (QED) is 0.0144. The number of phenolic OH excluding ortho intramolecular Hbond substituents is 4. The van der Waals surface area contributed by atoms with Gasteiger partial charge in [-0.15, -0.1) is 0 Å². The first kappa shape index (κ1) is 99.9. The van der Waals surface area contributed by atoms with E-state index >= 15 is 0 Å². The number of benzene rings is 8. The van der Waals surface area contributed by atoms with Gasteiger partial charge in [0.25, 0.3) is 0 Å². The van der Waals surface area contributed by atoms with Gasteiger partial charge in [-0.3, -0.25) is 33.8 Å². The van der Waals surface area contributed by atoms with E-state index in [-0.39, 0.29) is 101 Å². The van der Waals surface area contributed by atoms with Gasteiger partial charge in [-0.25, -0.2) is 0 Å². The summed E-state index contributed by atoms with van der Waals surface area (Å²) in [4.78, 5) is 71.5. The smallest absolute Gasteiger partial charge is 0.224 e. The van der Waals surface area contributed by atoms with Crippen LogP contribution in [0.25, 0.3) is 0 Å². The Bertz CT molecular complexity index is 5280. The first-order valence-corrected chi connectivity index (χ1v) is 50.2. The summed E-state index contributed by atoms with van der Waals surface area (Å²) in [5.74, 6) is 6.83. The molecule has 0 radical (unpaired) electrons. The first-order valence-electron chi connectivity index (χ1n) is 47.3. The third kappa shape index (κ3) is 28.5. The Morgan fingerprint density at radius 1 is 0.410 bits per heavy atom. The van der Waals surface area contributed by atoms with Crippen molar-refractivity contribution in [3.63, 3.8) is 0 Å². The molecule has 11 aliphatic heterocycles. The molecule has 3 fully saturated rings. The predicted octanol–water partition coefficient (Wildman–Crippen LogP) is 15.7. The molecule has 0 spiro atoms. The van der Waals surface area contributed by atoms with Crippen molar-refractivity contribution in [2.75, 3.05) is 139 Å². The summed E-state index contributed by atoms with van der Waals surface area (Å²) in [5, 5.41) is 64.5. The minimum Gasteiger partial charge on any atom is -0.508 e. The van der Waals surface area contributed by atoms with Gasteiger partial charge >= 0.3 is 0 Å². The molecule has 3 saturated heterocycles. The van der Waals surface area contributed by atoms with Gasteiger partial charge in [0.1, 0.15) is 108 Å². The lowest BCUT2D eigenvalue weighted by Gasteiger charge is -2.44. The number of aromatic hydroxyl groups is 4. The zero-order valence-corrected chi connectivity index (χ0v) is 78.9. The van der Waals surface area contributed by atoms with E-state index in [1.165, 1.54) is 11.1 Å². The molecule has 11 aliphatic rings. The molecule has 720 valence electrons. The number of hydrogen-bond acceptors (Lipinski definition) is 25. The van der Waals surface area contributed by atoms with Crippen LogP contribution in [0.3, 0.4) is 0 Å². The molecule has 0 aromatic heterocycles. The number of fused-ring (bicyclic) bond motifs is 14. The zero-order chi connectivity index (χ0) is 94.5. The lowest BCUT2D eigenvalue weighted by molar-refractivity contribution is -0.117. The maximum Gasteiger partial charge on any atom is 0.224 e. The summed E-state index contributed by atoms with van der Waals surface area (Å²) >= 11 is 0. The topological polar surface area (TPSA) is 384 Å². The van der Waals surface area contributed by atoms with Gasteiger partial charge in [-0.1, -0.05) is 58.0 Å². The van der Waals surface area contributed by atoms with Crippen molar-refractivity contribution in [1.29, 1.82) is 0 Å². The van der Waals surface area contributed by atoms with Crippen LogP contribution in [0.1, 0.15) is 180 Å². The van der Waals surface area contributed by atoms with Crippen LogP contribution in [0.5, 0.6) is 63.2 Å². The van der Waals surface area contributed by atoms with E-state index in [2.05, 4.69) is 82.5 Å². The number of carbonyl (C=O) groups excluding carboxylic acids is 6. The second kappa shape index (κ2) is 49.1. The van der Waals surface area contributed by atoms with E-state index in [0.29, 0.717) is 104 Å². The number of rotatable bonds is 25. The molecule has 0 unspecified atom stereocenters. The molecule has 134 heavy (non-hydrogen) atoms. The third-order valence-corrected chi connectivity index (χ3v) is 30.0. The van der Waals surface area contributed by atoms with Crippen LogP contribution in [0, 0.1) is 0 Å². The highest BCUT2D eigenvalue weighted by atomic mass is 28.4. The molecule has 8 aromatic carbocycles. The van der Waals surface area contributed by atoms with Crippen molar-refractivity contribution < 1.29 is 106 Å². The van der Waals surface area contributed by atoms with Crippen LogP contribution in [-0.4, -0.2) is 210 Å². The fourth-order valence-electron chi connectivity index (χ4n) is 17.1. The molecule has 31 heteroatoms. The van der Waals surface area contributed by atoms with Crippen molar-refractivity contribution in [3.05, 3.63) is 190 Å². The van der Waals surface area contributed by atoms with Crippen LogP contribution in [-0.2, 0) is 79.5 Å². The number of nitrogens with zero attached hydrogens (tertiary/aromatic N) is 2. The van der Waals surface area contributed by atoms with Gasteiger partial charge in [0.05, 0.1) is 64.4 Å². The monoisotopic (exact) mass is 1860 g/mol. The Balaban J connectivity index is 0.000000135. The Hall–Kier alpha value is -11.5. The summed E-state index contributed by atoms with van der Waals surface area (Å²) in [6, 6.07) is 44.7. The first-order chi connectivity index (χ1) is 64.8. The number of aliphatic hydroxyl groups is 1. The van der Waals surface area contributed by atoms with Gasteiger partial charge in [-0.2, -0.15) is 0 Å². The third-order valence-electron chi connectivity index (χ3n) is 25.4. The fraction of sp³-hybridized carbons (Fsp3) is 0.476. The highest BCUT2D eigenvalue weighted by Gasteiger charge is 2.42. The normalized spacial score (nSPS) is 19.6. The number of phenols is 4. The number of amides is 5. The largest absolute Gasteiger partial charge is 0.508 e. The molecule has 11 N–H and O–H groups in total. The van der Waals surface area contributed by atoms with Crippen LogP contribution >= 0.6 is 0 Å². The van der Waals surface area contributed by atoms with E-state index in [1.54, 1.807) is 54.6 Å². The molecule has 6 atom stereocenters. The summed E-state index contributed by atoms with van der Waals surface area (Å²) in [7, 11) is -1.63. The molecule has 30 nitrogen and oxygen atoms in total. The van der Waals surface area contributed by atoms with E-state index in [0.717, 1.165) is 231 Å². The minimum atomic E-state index is -1.63. The minimum absolute atomic E-state index is 0.00889. The van der Waals surface area contributed by atoms with Crippen molar-refractivity contribution >= 4 is 72.6 Å². The molecule has 8 aromatic rings. The number of unbranched alkanes of at least 4 members (excludes halogenated alkanes) is 4. The standard InChI is InChI=1S/C24H28N2O5.C19H31NO3Si.C14H19NO3.C13H17NO3.C13H15NO3.C11H13NO3.C9H9NO2/c27-17-5-7-22-19(13-17)24-21(15-31-22)26(10-12-30-24)9-1-2-11-29-18-6-3-16-4-8-23(28)25-20(16)14-18;1-19(2,3)24(4,5)23-13-7-6-12-22-16-10-8-15-9-11-18(21)20-17(15)14-16;1-2-5-15-6-7-17-14-11-8-10(16)3-4-13(11)18-9-12(14)15;2*15-7-1-2-8-17-11-5-3-10-4-6-13(16)14-12(10)9-11;13-7-1-2-10-8(5-7)11-9(6-15-10)12-3-4-14-11;11-7-3-1-6-2-4-9(12)10-8(6)5-7/h3,5-7,13-14,21,24,27H,1-2,4,8-12,15H2,(H,25,28);8,10,14H,6-7,9,11-13H2,1-5H3,(H,20,21);3-4,8,12,14,16H,2,5-7,9H2,1H3;3,5,9,15H,1-2,4,6-8H2,(H,14,16);3,5,7,9H,1-2,4,6,8H2,(H,14,16);1-2,5,9,11-13H,3-4,6H2;1,3,5,11H,2,4H2,(H,10,12)/t21-,24-;;12-,14-;;;9-,11-;/m1.1..1./s1. The van der Waals surface area contributed by atoms with E-state index in [4.69, 9.17) is 62.0 Å². The van der Waals surface area contributed by atoms with E-state index < -0.39 is 8.32 Å². The van der Waals surface area contributed by atoms with Crippen molar-refractivity contribution in [3.8, 4) is 63.2 Å². The summed E-state index contributed by atoms with van der Waals surface area (Å²) in [6.45, 7) is 25.7. The average Bonchev–Trinajstić information content (AvgIpc) is 0.777. The molecular weight excluding hydrogens is 1730 g/mol. The number of nitrogens with one attached hydrogen (secondary N) is 6. The summed E-state index contributed by atoms with van der Waals surface area (Å²) in [6.07, 6.45) is 15.5. The molecule has 11 heterocycles. The number of anilines is 5. The van der Waals surface area contributed by atoms with Gasteiger partial charge in [-0.05, 0) is 227 Å². The van der Waals surface area contributed by atoms with E-state index in [1.807, 2.05) is 91.0 Å². The highest BCUT2D eigenvalue weighted by molar-refractivity contribution is 6.74. The highest BCUT2D eigenvalue weighted by Crippen LogP contribution is 2.45. The lowest BCUT2D eigenvalue weighted by atomic mass is 9.96. The van der Waals surface area contributed by atoms with Crippen LogP contribution in [0.2, 0.25) is 18.1 Å². The lowest BCUT2D eigenvalue weighted by Crippen LogP contribution is -2.52. The number of ether oxygens (including phenoxy) is 10. The van der Waals surface area contributed by atoms with Gasteiger partial charge in [0, 0.05) is 147 Å². The number of aryl methyl sites for hydroxylation is 5. The molecule has 0 saturated carbocycles. The number of aliphatic hydroxyl groups excluding tert-OH is 1. The maximum atomic E-state index is 11.6. The molecule has 19 rings (SSSR count). The number of hydrogen-bond donors (Lipinski definition) is 11. The Labute approximate surface area is 785 Å². The molecular formula is C103H132N8O22Si. The number of aldehydes is 1. The Morgan fingerprint density at radius 2 is 0.761 bits per heavy atom. The van der Waals surface area contributed by atoms with Crippen LogP contribution in [0.4, 0.5) is 28.4 Å². The van der Waals surface area contributed by atoms with E-state index in [9.17, 15) is 44.1 Å². The maximum absolute atomic E-state index is 11.6. The number of carbonyl (C=O) groups is 6. The zero-order valence-electron chi connectivity index (χ0n) is 77.9. The Kier molecular flexibility index (Phi) is 36.6. The van der Waals surface area contributed by atoms with Crippen molar-refractivity contribution in [2.24, 2.45) is 0 Å². The van der Waals surface area contributed by atoms with Gasteiger partial charge < -0.3 is 114 Å². The fourth-order valence-corrected chi connectivity index (χ4v) is 18.2. The second-order valence-corrected chi connectivity index (χ2v) is 41.1. The van der Waals surface area contributed by atoms with Gasteiger partial charge in [0.15, 0.2) is 8.32 Å². The number of morpholine rings is 3. The van der Waals surface area contributed by atoms with Crippen molar-refractivity contribution in [2.45, 2.75) is 204 Å². The van der Waals surface area contributed by atoms with Crippen molar-refractivity contribution in [1.82, 2.24) is 15.1 Å². The SMILES string of the molecule is CC(C)(C)[Si](C)(C)OCCCCOc1ccc2c(c1)NC(=O)CC2.CCCN1CCO[C@@H]2c3cc(O)ccc3OC[C@H]21.O=C1CCc2ccc(O)cc2N1.O=C1CCc2ccc(OCCCCN3CCO[C@@H]4c5cc(O)ccc5OC[C@H]43)cc2N1.O=C1CCc2ccc(OCCCCO)cc2N1.O=CCCCOc1ccc2c(c1)NC(=O)CC2.Oc1ccc2c(c1)[C@H]1OCCN[C@@H]1CO2. The second-order valence-electron chi connectivity index (χ2n) is 36.3. The van der Waals surface area contributed by atoms with Crippen LogP contribution < -0.4 is 65.1 Å². The predicted molar refractivity (Wildman–Crippen MR) is 514 cm³/mol.